The van der Waals surface area contributed by atoms with Gasteiger partial charge in [-0.3, -0.25) is 9.69 Å². The molecule has 0 aliphatic rings. The van der Waals surface area contributed by atoms with Crippen molar-refractivity contribution in [3.63, 3.8) is 0 Å². The summed E-state index contributed by atoms with van der Waals surface area (Å²) in [4.78, 5) is 34.9. The van der Waals surface area contributed by atoms with Crippen LogP contribution in [-0.2, 0) is 0 Å². The molecule has 0 saturated carbocycles. The monoisotopic (exact) mass is 435 g/mol. The van der Waals surface area contributed by atoms with E-state index < -0.39 is 6.09 Å². The maximum absolute atomic E-state index is 12.4. The number of amides is 2. The third-order valence-corrected chi connectivity index (χ3v) is 5.93. The molecule has 9 heteroatoms. The molecule has 3 aromatic heterocycles. The third kappa shape index (κ3) is 3.75. The van der Waals surface area contributed by atoms with Gasteiger partial charge in [0.1, 0.15) is 5.65 Å². The highest BCUT2D eigenvalue weighted by molar-refractivity contribution is 7.19. The predicted octanol–water partition coefficient (Wildman–Crippen LogP) is 4.38. The molecular weight excluding hydrogens is 414 g/mol. The number of carboxylic acid groups (broad SMARTS) is 1. The lowest BCUT2D eigenvalue weighted by molar-refractivity contribution is 0.0963. The van der Waals surface area contributed by atoms with Gasteiger partial charge in [0, 0.05) is 54.6 Å². The second-order valence-corrected chi connectivity index (χ2v) is 8.19. The van der Waals surface area contributed by atoms with Gasteiger partial charge in [-0.25, -0.2) is 14.8 Å². The van der Waals surface area contributed by atoms with E-state index in [2.05, 4.69) is 15.3 Å². The average molecular weight is 436 g/mol. The summed E-state index contributed by atoms with van der Waals surface area (Å²) in [6, 6.07) is 9.10. The van der Waals surface area contributed by atoms with Crippen molar-refractivity contribution in [2.24, 2.45) is 0 Å². The van der Waals surface area contributed by atoms with E-state index in [0.717, 1.165) is 27.2 Å². The first-order valence-electron chi connectivity index (χ1n) is 9.67. The Labute approximate surface area is 182 Å². The van der Waals surface area contributed by atoms with Crippen LogP contribution in [0, 0.1) is 0 Å². The standard InChI is InChI=1S/C22H21N5O3S/c1-13(2)27(22(29)30)21-25-11-18(31-21)14-10-17(19-24-8-9-26(19)12-14)15-6-4-5-7-16(15)20(28)23-3/h4-13H,1-3H3,(H,23,28)(H,29,30). The Morgan fingerprint density at radius 2 is 1.97 bits per heavy atom. The topological polar surface area (TPSA) is 99.8 Å². The summed E-state index contributed by atoms with van der Waals surface area (Å²) in [5.41, 5.74) is 3.69. The van der Waals surface area contributed by atoms with Crippen LogP contribution in [-0.4, -0.2) is 44.6 Å². The molecule has 4 aromatic rings. The highest BCUT2D eigenvalue weighted by atomic mass is 32.1. The molecule has 0 radical (unpaired) electrons. The number of rotatable bonds is 5. The molecule has 1 aromatic carbocycles. The summed E-state index contributed by atoms with van der Waals surface area (Å²) in [6.45, 7) is 3.61. The van der Waals surface area contributed by atoms with Crippen molar-refractivity contribution in [3.8, 4) is 21.6 Å². The normalized spacial score (nSPS) is 11.1. The van der Waals surface area contributed by atoms with Crippen molar-refractivity contribution in [2.75, 3.05) is 11.9 Å². The average Bonchev–Trinajstić information content (AvgIpc) is 3.41. The van der Waals surface area contributed by atoms with Crippen LogP contribution in [0.2, 0.25) is 0 Å². The molecule has 2 N–H and O–H groups in total. The first-order valence-corrected chi connectivity index (χ1v) is 10.5. The number of pyridine rings is 1. The van der Waals surface area contributed by atoms with Crippen LogP contribution >= 0.6 is 11.3 Å². The molecule has 2 amide bonds. The number of carbonyl (C=O) groups excluding carboxylic acids is 1. The SMILES string of the molecule is CNC(=O)c1ccccc1-c1cc(-c2cnc(N(C(=O)O)C(C)C)s2)cn2ccnc12. The molecule has 31 heavy (non-hydrogen) atoms. The number of thiazole rings is 1. The van der Waals surface area contributed by atoms with Crippen molar-refractivity contribution in [2.45, 2.75) is 19.9 Å². The molecule has 0 fully saturated rings. The van der Waals surface area contributed by atoms with Crippen LogP contribution in [0.1, 0.15) is 24.2 Å². The number of hydrogen-bond donors (Lipinski definition) is 2. The summed E-state index contributed by atoms with van der Waals surface area (Å²) in [5.74, 6) is -0.181. The second kappa shape index (κ2) is 8.19. The summed E-state index contributed by atoms with van der Waals surface area (Å²) < 4.78 is 1.89. The maximum atomic E-state index is 12.4. The zero-order chi connectivity index (χ0) is 22.1. The largest absolute Gasteiger partial charge is 0.465 e. The van der Waals surface area contributed by atoms with Crippen LogP contribution in [0.25, 0.3) is 27.2 Å². The lowest BCUT2D eigenvalue weighted by Gasteiger charge is -2.19. The Balaban J connectivity index is 1.87. The molecule has 8 nitrogen and oxygen atoms in total. The maximum Gasteiger partial charge on any atom is 0.413 e. The highest BCUT2D eigenvalue weighted by Gasteiger charge is 2.22. The van der Waals surface area contributed by atoms with Gasteiger partial charge >= 0.3 is 6.09 Å². The number of anilines is 1. The van der Waals surface area contributed by atoms with Crippen molar-refractivity contribution < 1.29 is 14.7 Å². The van der Waals surface area contributed by atoms with Gasteiger partial charge in [0.15, 0.2) is 5.13 Å². The molecule has 0 bridgehead atoms. The Kier molecular flexibility index (Phi) is 5.43. The second-order valence-electron chi connectivity index (χ2n) is 7.18. The van der Waals surface area contributed by atoms with Crippen molar-refractivity contribution in [1.82, 2.24) is 19.7 Å². The molecule has 158 valence electrons. The zero-order valence-electron chi connectivity index (χ0n) is 17.2. The smallest absolute Gasteiger partial charge is 0.413 e. The number of aromatic nitrogens is 3. The van der Waals surface area contributed by atoms with E-state index in [1.54, 1.807) is 39.4 Å². The first kappa shape index (κ1) is 20.5. The van der Waals surface area contributed by atoms with Gasteiger partial charge in [0.25, 0.3) is 5.91 Å². The molecule has 4 rings (SSSR count). The van der Waals surface area contributed by atoms with Crippen LogP contribution in [0.5, 0.6) is 0 Å². The van der Waals surface area contributed by atoms with E-state index in [1.807, 2.05) is 41.1 Å². The number of benzene rings is 1. The molecule has 0 spiro atoms. The van der Waals surface area contributed by atoms with Gasteiger partial charge in [-0.2, -0.15) is 0 Å². The summed E-state index contributed by atoms with van der Waals surface area (Å²) in [6.07, 6.45) is 6.09. The number of nitrogens with zero attached hydrogens (tertiary/aromatic N) is 4. The first-order chi connectivity index (χ1) is 14.9. The Morgan fingerprint density at radius 1 is 1.19 bits per heavy atom. The summed E-state index contributed by atoms with van der Waals surface area (Å²) in [5, 5.41) is 12.6. The van der Waals surface area contributed by atoms with E-state index in [4.69, 9.17) is 0 Å². The van der Waals surface area contributed by atoms with E-state index in [1.165, 1.54) is 16.2 Å². The summed E-state index contributed by atoms with van der Waals surface area (Å²) >= 11 is 1.30. The fourth-order valence-electron chi connectivity index (χ4n) is 3.45. The highest BCUT2D eigenvalue weighted by Crippen LogP contribution is 2.36. The van der Waals surface area contributed by atoms with Gasteiger partial charge in [-0.15, -0.1) is 0 Å². The van der Waals surface area contributed by atoms with E-state index in [0.29, 0.717) is 10.7 Å². The molecule has 0 aliphatic carbocycles. The van der Waals surface area contributed by atoms with Gasteiger partial charge in [0.05, 0.1) is 4.88 Å². The van der Waals surface area contributed by atoms with Crippen LogP contribution in [0.3, 0.4) is 0 Å². The van der Waals surface area contributed by atoms with Crippen LogP contribution in [0.15, 0.2) is 55.1 Å². The fourth-order valence-corrected chi connectivity index (χ4v) is 4.47. The lowest BCUT2D eigenvalue weighted by Crippen LogP contribution is -2.35. The van der Waals surface area contributed by atoms with E-state index in [9.17, 15) is 14.7 Å². The predicted molar refractivity (Wildman–Crippen MR) is 121 cm³/mol. The van der Waals surface area contributed by atoms with Crippen molar-refractivity contribution >= 4 is 34.1 Å². The molecular formula is C22H21N5O3S. The fraction of sp³-hybridized carbons (Fsp3) is 0.182. The van der Waals surface area contributed by atoms with Crippen molar-refractivity contribution in [1.29, 1.82) is 0 Å². The van der Waals surface area contributed by atoms with E-state index >= 15 is 0 Å². The minimum Gasteiger partial charge on any atom is -0.465 e. The van der Waals surface area contributed by atoms with Gasteiger partial charge in [-0.1, -0.05) is 29.5 Å². The zero-order valence-corrected chi connectivity index (χ0v) is 18.1. The Morgan fingerprint density at radius 3 is 2.68 bits per heavy atom. The minimum absolute atomic E-state index is 0.181. The van der Waals surface area contributed by atoms with Crippen molar-refractivity contribution in [3.05, 3.63) is 60.7 Å². The molecule has 0 atom stereocenters. The van der Waals surface area contributed by atoms with E-state index in [-0.39, 0.29) is 11.9 Å². The number of carbonyl (C=O) groups is 2. The lowest BCUT2D eigenvalue weighted by atomic mass is 9.98. The number of nitrogens with one attached hydrogen (secondary N) is 1. The van der Waals surface area contributed by atoms with Crippen LogP contribution < -0.4 is 10.2 Å². The van der Waals surface area contributed by atoms with Gasteiger partial charge in [-0.05, 0) is 31.5 Å². The molecule has 3 heterocycles. The number of imidazole rings is 1. The third-order valence-electron chi connectivity index (χ3n) is 4.88. The molecule has 0 aliphatic heterocycles. The quantitative estimate of drug-likeness (QED) is 0.485. The molecule has 0 unspecified atom stereocenters. The Bertz CT molecular complexity index is 1280. The van der Waals surface area contributed by atoms with Gasteiger partial charge < -0.3 is 14.8 Å². The summed E-state index contributed by atoms with van der Waals surface area (Å²) in [7, 11) is 1.60. The number of hydrogen-bond acceptors (Lipinski definition) is 5. The molecule has 0 saturated heterocycles. The minimum atomic E-state index is -1.04. The van der Waals surface area contributed by atoms with Gasteiger partial charge in [0.2, 0.25) is 0 Å². The van der Waals surface area contributed by atoms with Crippen LogP contribution in [0.4, 0.5) is 9.93 Å². The Hall–Kier alpha value is -3.72. The number of fused-ring (bicyclic) bond motifs is 1.